The van der Waals surface area contributed by atoms with Crippen LogP contribution < -0.4 is 10.6 Å². The second kappa shape index (κ2) is 4.29. The fraction of sp³-hybridized carbons (Fsp3) is 0.455. The second-order valence-electron chi connectivity index (χ2n) is 3.83. The third-order valence-corrected chi connectivity index (χ3v) is 2.51. The minimum atomic E-state index is -0.148. The Morgan fingerprint density at radius 3 is 3.07 bits per heavy atom. The summed E-state index contributed by atoms with van der Waals surface area (Å²) < 4.78 is 0. The van der Waals surface area contributed by atoms with Crippen LogP contribution in [0.5, 0.6) is 0 Å². The lowest BCUT2D eigenvalue weighted by molar-refractivity contribution is 0.0958. The lowest BCUT2D eigenvalue weighted by Crippen LogP contribution is -2.19. The first-order valence-corrected chi connectivity index (χ1v) is 5.21. The van der Waals surface area contributed by atoms with Gasteiger partial charge in [0.15, 0.2) is 0 Å². The van der Waals surface area contributed by atoms with Gasteiger partial charge in [0, 0.05) is 25.5 Å². The molecule has 1 saturated carbocycles. The first kappa shape index (κ1) is 9.96. The van der Waals surface area contributed by atoms with E-state index in [-0.39, 0.29) is 5.91 Å². The zero-order valence-electron chi connectivity index (χ0n) is 8.79. The second-order valence-corrected chi connectivity index (χ2v) is 3.83. The van der Waals surface area contributed by atoms with Gasteiger partial charge in [-0.25, -0.2) is 0 Å². The van der Waals surface area contributed by atoms with Crippen LogP contribution >= 0.6 is 0 Å². The highest BCUT2D eigenvalue weighted by atomic mass is 16.1. The fourth-order valence-corrected chi connectivity index (χ4v) is 1.38. The van der Waals surface area contributed by atoms with Crippen molar-refractivity contribution in [2.75, 3.05) is 18.9 Å². The summed E-state index contributed by atoms with van der Waals surface area (Å²) in [5.74, 6) is 0.673. The van der Waals surface area contributed by atoms with E-state index in [1.807, 2.05) is 6.07 Å². The Morgan fingerprint density at radius 2 is 2.40 bits per heavy atom. The molecule has 0 radical (unpaired) electrons. The summed E-state index contributed by atoms with van der Waals surface area (Å²) in [6, 6.07) is 3.66. The lowest BCUT2D eigenvalue weighted by atomic mass is 10.3. The standard InChI is InChI=1S/C11H15N3O/c1-12-11(15)10-6-9(4-5-13-10)14-7-8-2-3-8/h4-6,8H,2-3,7H2,1H3,(H,12,15)(H,13,14). The summed E-state index contributed by atoms with van der Waals surface area (Å²) in [6.07, 6.45) is 4.29. The van der Waals surface area contributed by atoms with Crippen LogP contribution in [0.4, 0.5) is 5.69 Å². The van der Waals surface area contributed by atoms with Crippen molar-refractivity contribution in [2.45, 2.75) is 12.8 Å². The summed E-state index contributed by atoms with van der Waals surface area (Å²) in [5.41, 5.74) is 1.42. The van der Waals surface area contributed by atoms with Crippen molar-refractivity contribution in [2.24, 2.45) is 5.92 Å². The molecule has 4 nitrogen and oxygen atoms in total. The highest BCUT2D eigenvalue weighted by molar-refractivity contribution is 5.92. The number of hydrogen-bond donors (Lipinski definition) is 2. The number of nitrogens with zero attached hydrogens (tertiary/aromatic N) is 1. The maximum absolute atomic E-state index is 11.3. The highest BCUT2D eigenvalue weighted by Crippen LogP contribution is 2.28. The van der Waals surface area contributed by atoms with Gasteiger partial charge in [-0.2, -0.15) is 0 Å². The number of anilines is 1. The lowest BCUT2D eigenvalue weighted by Gasteiger charge is -2.06. The number of rotatable bonds is 4. The Hall–Kier alpha value is -1.58. The van der Waals surface area contributed by atoms with E-state index in [2.05, 4.69) is 15.6 Å². The van der Waals surface area contributed by atoms with Crippen LogP contribution in [0.25, 0.3) is 0 Å². The Labute approximate surface area is 89.1 Å². The third kappa shape index (κ3) is 2.68. The van der Waals surface area contributed by atoms with Gasteiger partial charge in [-0.15, -0.1) is 0 Å². The molecule has 1 aromatic rings. The Bertz CT molecular complexity index is 361. The SMILES string of the molecule is CNC(=O)c1cc(NCC2CC2)ccn1. The van der Waals surface area contributed by atoms with Crippen molar-refractivity contribution in [1.29, 1.82) is 0 Å². The van der Waals surface area contributed by atoms with E-state index in [0.717, 1.165) is 18.2 Å². The molecule has 1 heterocycles. The van der Waals surface area contributed by atoms with Gasteiger partial charge in [0.25, 0.3) is 5.91 Å². The molecule has 1 aliphatic rings. The zero-order chi connectivity index (χ0) is 10.7. The van der Waals surface area contributed by atoms with Crippen molar-refractivity contribution < 1.29 is 4.79 Å². The minimum Gasteiger partial charge on any atom is -0.385 e. The smallest absolute Gasteiger partial charge is 0.269 e. The van der Waals surface area contributed by atoms with E-state index < -0.39 is 0 Å². The summed E-state index contributed by atoms with van der Waals surface area (Å²) in [7, 11) is 1.61. The van der Waals surface area contributed by atoms with Crippen LogP contribution in [0.15, 0.2) is 18.3 Å². The van der Waals surface area contributed by atoms with Crippen LogP contribution in [-0.4, -0.2) is 24.5 Å². The quantitative estimate of drug-likeness (QED) is 0.778. The minimum absolute atomic E-state index is 0.148. The van der Waals surface area contributed by atoms with E-state index in [0.29, 0.717) is 5.69 Å². The average Bonchev–Trinajstić information content (AvgIpc) is 3.09. The molecule has 80 valence electrons. The van der Waals surface area contributed by atoms with Crippen LogP contribution in [0, 0.1) is 5.92 Å². The van der Waals surface area contributed by atoms with E-state index in [1.54, 1.807) is 19.3 Å². The van der Waals surface area contributed by atoms with Crippen LogP contribution in [0.3, 0.4) is 0 Å². The van der Waals surface area contributed by atoms with Gasteiger partial charge in [-0.05, 0) is 30.9 Å². The van der Waals surface area contributed by atoms with E-state index in [1.165, 1.54) is 12.8 Å². The van der Waals surface area contributed by atoms with E-state index >= 15 is 0 Å². The average molecular weight is 205 g/mol. The molecular weight excluding hydrogens is 190 g/mol. The molecule has 0 aliphatic heterocycles. The molecule has 1 amide bonds. The number of nitrogens with one attached hydrogen (secondary N) is 2. The summed E-state index contributed by atoms with van der Waals surface area (Å²) in [6.45, 7) is 0.997. The number of amides is 1. The normalized spacial score (nSPS) is 14.7. The number of hydrogen-bond acceptors (Lipinski definition) is 3. The zero-order valence-corrected chi connectivity index (χ0v) is 8.79. The van der Waals surface area contributed by atoms with Gasteiger partial charge in [-0.1, -0.05) is 0 Å². The molecule has 2 N–H and O–H groups in total. The molecule has 1 fully saturated rings. The molecule has 0 bridgehead atoms. The molecule has 1 aliphatic carbocycles. The molecule has 15 heavy (non-hydrogen) atoms. The Balaban J connectivity index is 2.00. The molecule has 0 aromatic carbocycles. The molecule has 0 saturated heterocycles. The summed E-state index contributed by atoms with van der Waals surface area (Å²) in [5, 5.41) is 5.86. The predicted octanol–water partition coefficient (Wildman–Crippen LogP) is 1.26. The van der Waals surface area contributed by atoms with Crippen molar-refractivity contribution >= 4 is 11.6 Å². The maximum atomic E-state index is 11.3. The molecule has 2 rings (SSSR count). The molecule has 1 aromatic heterocycles. The van der Waals surface area contributed by atoms with Crippen LogP contribution in [-0.2, 0) is 0 Å². The van der Waals surface area contributed by atoms with Crippen molar-refractivity contribution in [3.8, 4) is 0 Å². The fourth-order valence-electron chi connectivity index (χ4n) is 1.38. The van der Waals surface area contributed by atoms with Crippen molar-refractivity contribution in [3.63, 3.8) is 0 Å². The Kier molecular flexibility index (Phi) is 2.85. The third-order valence-electron chi connectivity index (χ3n) is 2.51. The number of pyridine rings is 1. The first-order chi connectivity index (χ1) is 7.29. The van der Waals surface area contributed by atoms with Crippen molar-refractivity contribution in [1.82, 2.24) is 10.3 Å². The number of carbonyl (C=O) groups excluding carboxylic acids is 1. The molecule has 4 heteroatoms. The van der Waals surface area contributed by atoms with Gasteiger partial charge in [0.05, 0.1) is 0 Å². The van der Waals surface area contributed by atoms with Gasteiger partial charge in [0.1, 0.15) is 5.69 Å². The maximum Gasteiger partial charge on any atom is 0.269 e. The summed E-state index contributed by atoms with van der Waals surface area (Å²) >= 11 is 0. The molecule has 0 atom stereocenters. The first-order valence-electron chi connectivity index (χ1n) is 5.21. The number of aromatic nitrogens is 1. The van der Waals surface area contributed by atoms with Gasteiger partial charge < -0.3 is 10.6 Å². The molecule has 0 unspecified atom stereocenters. The topological polar surface area (TPSA) is 54.0 Å². The van der Waals surface area contributed by atoms with E-state index in [4.69, 9.17) is 0 Å². The predicted molar refractivity (Wildman–Crippen MR) is 58.8 cm³/mol. The molecule has 0 spiro atoms. The largest absolute Gasteiger partial charge is 0.385 e. The van der Waals surface area contributed by atoms with Gasteiger partial charge in [0.2, 0.25) is 0 Å². The number of carbonyl (C=O) groups is 1. The molecular formula is C11H15N3O. The monoisotopic (exact) mass is 205 g/mol. The highest BCUT2D eigenvalue weighted by Gasteiger charge is 2.20. The van der Waals surface area contributed by atoms with Gasteiger partial charge in [-0.3, -0.25) is 9.78 Å². The van der Waals surface area contributed by atoms with Gasteiger partial charge >= 0.3 is 0 Å². The van der Waals surface area contributed by atoms with Crippen LogP contribution in [0.2, 0.25) is 0 Å². The van der Waals surface area contributed by atoms with Crippen LogP contribution in [0.1, 0.15) is 23.3 Å². The Morgan fingerprint density at radius 1 is 1.60 bits per heavy atom. The summed E-state index contributed by atoms with van der Waals surface area (Å²) in [4.78, 5) is 15.3. The van der Waals surface area contributed by atoms with Crippen molar-refractivity contribution in [3.05, 3.63) is 24.0 Å². The van der Waals surface area contributed by atoms with E-state index in [9.17, 15) is 4.79 Å².